The molecule has 4 rings (SSSR count). The van der Waals surface area contributed by atoms with Gasteiger partial charge in [-0.3, -0.25) is 14.4 Å². The third-order valence-corrected chi connectivity index (χ3v) is 7.88. The molecule has 10 heteroatoms. The Hall–Kier alpha value is -3.27. The molecule has 0 radical (unpaired) electrons. The van der Waals surface area contributed by atoms with Crippen LogP contribution in [0.3, 0.4) is 0 Å². The Morgan fingerprint density at radius 3 is 2.55 bits per heavy atom. The lowest BCUT2D eigenvalue weighted by Gasteiger charge is -2.32. The van der Waals surface area contributed by atoms with Crippen molar-refractivity contribution in [3.05, 3.63) is 51.7 Å². The monoisotopic (exact) mass is 540 g/mol. The zero-order valence-electron chi connectivity index (χ0n) is 22.4. The molecule has 2 amide bonds. The number of nitrogens with zero attached hydrogens (tertiary/aromatic N) is 2. The zero-order valence-corrected chi connectivity index (χ0v) is 23.2. The van der Waals surface area contributed by atoms with Crippen LogP contribution in [0.25, 0.3) is 10.1 Å². The minimum absolute atomic E-state index is 0.100. The highest BCUT2D eigenvalue weighted by Gasteiger charge is 2.36. The first-order chi connectivity index (χ1) is 18.1. The number of nitrogens with one attached hydrogen (secondary N) is 2. The number of carbonyl (C=O) groups is 3. The summed E-state index contributed by atoms with van der Waals surface area (Å²) in [5, 5.41) is 11.1. The average Bonchev–Trinajstić information content (AvgIpc) is 3.46. The van der Waals surface area contributed by atoms with Gasteiger partial charge in [0.25, 0.3) is 11.8 Å². The van der Waals surface area contributed by atoms with E-state index in [-0.39, 0.29) is 35.6 Å². The molecule has 204 valence electrons. The lowest BCUT2D eigenvalue weighted by Crippen LogP contribution is -2.52. The van der Waals surface area contributed by atoms with E-state index < -0.39 is 23.5 Å². The molecular formula is C28H36N4O5S. The van der Waals surface area contributed by atoms with E-state index in [1.165, 1.54) is 11.3 Å². The summed E-state index contributed by atoms with van der Waals surface area (Å²) in [7, 11) is 0. The van der Waals surface area contributed by atoms with Gasteiger partial charge in [-0.1, -0.05) is 58.7 Å². The minimum Gasteiger partial charge on any atom is -0.384 e. The second-order valence-corrected chi connectivity index (χ2v) is 12.0. The third kappa shape index (κ3) is 6.59. The lowest BCUT2D eigenvalue weighted by molar-refractivity contribution is -0.127. The number of rotatable bonds is 10. The van der Waals surface area contributed by atoms with E-state index >= 15 is 0 Å². The molecule has 0 saturated heterocycles. The van der Waals surface area contributed by atoms with Gasteiger partial charge in [0.2, 0.25) is 11.7 Å². The maximum absolute atomic E-state index is 13.5. The summed E-state index contributed by atoms with van der Waals surface area (Å²) >= 11 is 1.43. The molecule has 2 aromatic heterocycles. The Balaban J connectivity index is 1.48. The van der Waals surface area contributed by atoms with E-state index in [0.29, 0.717) is 30.7 Å². The number of hydrogen-bond acceptors (Lipinski definition) is 7. The Kier molecular flexibility index (Phi) is 8.81. The summed E-state index contributed by atoms with van der Waals surface area (Å²) in [6.07, 6.45) is 3.45. The van der Waals surface area contributed by atoms with Gasteiger partial charge in [-0.15, -0.1) is 16.4 Å². The fourth-order valence-electron chi connectivity index (χ4n) is 4.95. The number of thiophene rings is 1. The van der Waals surface area contributed by atoms with Crippen LogP contribution in [-0.4, -0.2) is 39.5 Å². The van der Waals surface area contributed by atoms with Gasteiger partial charge in [-0.2, -0.15) is 4.68 Å². The quantitative estimate of drug-likeness (QED) is 0.367. The fraction of sp³-hybridized carbons (Fsp3) is 0.536. The highest BCUT2D eigenvalue weighted by Crippen LogP contribution is 2.28. The van der Waals surface area contributed by atoms with Gasteiger partial charge in [-0.25, -0.2) is 4.79 Å². The topological polar surface area (TPSA) is 123 Å². The van der Waals surface area contributed by atoms with Crippen molar-refractivity contribution >= 4 is 39.0 Å². The summed E-state index contributed by atoms with van der Waals surface area (Å²) in [5.41, 5.74) is 0. The molecule has 0 spiro atoms. The Labute approximate surface area is 226 Å². The van der Waals surface area contributed by atoms with Crippen molar-refractivity contribution in [1.29, 1.82) is 0 Å². The first kappa shape index (κ1) is 27.8. The van der Waals surface area contributed by atoms with E-state index in [2.05, 4.69) is 15.7 Å². The molecule has 2 heterocycles. The Morgan fingerprint density at radius 1 is 1.11 bits per heavy atom. The summed E-state index contributed by atoms with van der Waals surface area (Å²) in [6, 6.07) is 8.49. The second kappa shape index (κ2) is 12.1. The average molecular weight is 541 g/mol. The highest BCUT2D eigenvalue weighted by molar-refractivity contribution is 7.20. The summed E-state index contributed by atoms with van der Waals surface area (Å²) in [4.78, 5) is 52.6. The molecule has 1 fully saturated rings. The van der Waals surface area contributed by atoms with Crippen LogP contribution in [0, 0.1) is 17.8 Å². The van der Waals surface area contributed by atoms with E-state index in [0.717, 1.165) is 27.6 Å². The first-order valence-electron chi connectivity index (χ1n) is 13.3. The molecule has 3 aromatic rings. The van der Waals surface area contributed by atoms with E-state index in [1.54, 1.807) is 0 Å². The highest BCUT2D eigenvalue weighted by atomic mass is 32.1. The molecule has 9 nitrogen and oxygen atoms in total. The summed E-state index contributed by atoms with van der Waals surface area (Å²) in [5.74, 6) is -2.19. The van der Waals surface area contributed by atoms with Crippen LogP contribution in [0.2, 0.25) is 0 Å². The number of carbonyl (C=O) groups excluding carboxylic acids is 3. The van der Waals surface area contributed by atoms with Gasteiger partial charge in [0.1, 0.15) is 0 Å². The molecule has 38 heavy (non-hydrogen) atoms. The Morgan fingerprint density at radius 2 is 1.84 bits per heavy atom. The maximum atomic E-state index is 13.5. The van der Waals surface area contributed by atoms with Crippen LogP contribution in [0.4, 0.5) is 0 Å². The number of hydrogen-bond donors (Lipinski definition) is 2. The predicted molar refractivity (Wildman–Crippen MR) is 146 cm³/mol. The van der Waals surface area contributed by atoms with Crippen molar-refractivity contribution in [1.82, 2.24) is 20.4 Å². The van der Waals surface area contributed by atoms with E-state index in [9.17, 15) is 19.2 Å². The van der Waals surface area contributed by atoms with Crippen LogP contribution in [0.1, 0.15) is 80.2 Å². The van der Waals surface area contributed by atoms with E-state index in [4.69, 9.17) is 4.42 Å². The zero-order chi connectivity index (χ0) is 27.4. The van der Waals surface area contributed by atoms with Crippen molar-refractivity contribution in [2.45, 2.75) is 78.4 Å². The standard InChI is InChI=1S/C28H36N4O5S/c1-16(2)13-21(24(33)27-31-32(15-17(3)4)28(36)37-27)30-25(34)19-10-6-7-11-20(19)29-26(35)23-14-18-9-5-8-12-22(18)38-23/h5,8-9,12,14,16-17,19-21H,6-7,10-11,13,15H2,1-4H3,(H,29,35)(H,30,34)/t19-,20+,21?/m1/s1. The minimum atomic E-state index is -0.881. The van der Waals surface area contributed by atoms with E-state index in [1.807, 2.05) is 58.0 Å². The van der Waals surface area contributed by atoms with Crippen LogP contribution in [0.15, 0.2) is 39.5 Å². The van der Waals surface area contributed by atoms with Crippen molar-refractivity contribution in [3.8, 4) is 0 Å². The molecule has 1 aromatic carbocycles. The molecule has 1 aliphatic carbocycles. The van der Waals surface area contributed by atoms with Crippen LogP contribution >= 0.6 is 11.3 Å². The molecule has 0 aliphatic heterocycles. The number of amides is 2. The fourth-order valence-corrected chi connectivity index (χ4v) is 5.91. The molecule has 1 aliphatic rings. The number of aromatic nitrogens is 2. The number of fused-ring (bicyclic) bond motifs is 1. The van der Waals surface area contributed by atoms with Crippen LogP contribution in [-0.2, 0) is 11.3 Å². The van der Waals surface area contributed by atoms with Crippen LogP contribution < -0.4 is 16.4 Å². The molecule has 1 saturated carbocycles. The van der Waals surface area contributed by atoms with Gasteiger partial charge in [-0.05, 0) is 48.6 Å². The molecule has 0 bridgehead atoms. The van der Waals surface area contributed by atoms with Crippen molar-refractivity contribution in [3.63, 3.8) is 0 Å². The van der Waals surface area contributed by atoms with Gasteiger partial charge in [0.15, 0.2) is 0 Å². The smallest absolute Gasteiger partial charge is 0.384 e. The second-order valence-electron chi connectivity index (χ2n) is 10.9. The number of benzene rings is 1. The van der Waals surface area contributed by atoms with Gasteiger partial charge in [0, 0.05) is 10.7 Å². The van der Waals surface area contributed by atoms with Gasteiger partial charge < -0.3 is 15.1 Å². The molecule has 1 unspecified atom stereocenters. The normalized spacial score (nSPS) is 18.6. The van der Waals surface area contributed by atoms with Crippen LogP contribution in [0.5, 0.6) is 0 Å². The van der Waals surface area contributed by atoms with Crippen molar-refractivity contribution < 1.29 is 18.8 Å². The molecular weight excluding hydrogens is 504 g/mol. The molecule has 2 N–H and O–H groups in total. The first-order valence-corrected chi connectivity index (χ1v) is 14.2. The summed E-state index contributed by atoms with van der Waals surface area (Å²) < 4.78 is 7.34. The predicted octanol–water partition coefficient (Wildman–Crippen LogP) is 4.41. The summed E-state index contributed by atoms with van der Waals surface area (Å²) in [6.45, 7) is 8.11. The lowest BCUT2D eigenvalue weighted by atomic mass is 9.83. The third-order valence-electron chi connectivity index (χ3n) is 6.76. The van der Waals surface area contributed by atoms with Gasteiger partial charge >= 0.3 is 5.76 Å². The largest absolute Gasteiger partial charge is 0.437 e. The van der Waals surface area contributed by atoms with Gasteiger partial charge in [0.05, 0.1) is 23.4 Å². The van der Waals surface area contributed by atoms with Crippen molar-refractivity contribution in [2.24, 2.45) is 17.8 Å². The maximum Gasteiger partial charge on any atom is 0.437 e. The van der Waals surface area contributed by atoms with Crippen molar-refractivity contribution in [2.75, 3.05) is 0 Å². The molecule has 3 atom stereocenters. The number of Topliss-reactive ketones (excluding diaryl/α,β-unsaturated/α-hetero) is 1. The SMILES string of the molecule is CC(C)CC(NC(=O)[C@@H]1CCCC[C@@H]1NC(=O)c1cc2ccccc2s1)C(=O)c1nn(CC(C)C)c(=O)o1. The Bertz CT molecular complexity index is 1320. The number of ketones is 1.